The molecule has 0 spiro atoms. The molecule has 0 saturated heterocycles. The molecular formula is C22H26N2O4S2. The minimum Gasteiger partial charge on any atom is -0.465 e. The summed E-state index contributed by atoms with van der Waals surface area (Å²) in [6.07, 6.45) is 6.59. The van der Waals surface area contributed by atoms with E-state index in [0.717, 1.165) is 53.3 Å². The lowest BCUT2D eigenvalue weighted by Crippen LogP contribution is -2.31. The summed E-state index contributed by atoms with van der Waals surface area (Å²) < 4.78 is 15.9. The van der Waals surface area contributed by atoms with E-state index in [1.54, 1.807) is 11.3 Å². The van der Waals surface area contributed by atoms with E-state index in [4.69, 9.17) is 26.4 Å². The predicted molar refractivity (Wildman–Crippen MR) is 122 cm³/mol. The SMILES string of the molecule is COC(=O)c1c(NC(=S)NC(C)c2ccc3c(c2)OCO3)sc2c1CCCCCC2. The van der Waals surface area contributed by atoms with Crippen molar-refractivity contribution < 1.29 is 19.0 Å². The minimum absolute atomic E-state index is 0.0398. The van der Waals surface area contributed by atoms with Crippen LogP contribution in [-0.4, -0.2) is 25.0 Å². The van der Waals surface area contributed by atoms with Crippen LogP contribution in [0.5, 0.6) is 11.5 Å². The van der Waals surface area contributed by atoms with Crippen molar-refractivity contribution in [3.63, 3.8) is 0 Å². The Morgan fingerprint density at radius 3 is 2.73 bits per heavy atom. The van der Waals surface area contributed by atoms with Crippen LogP contribution in [0.3, 0.4) is 0 Å². The number of benzene rings is 1. The number of thiophene rings is 1. The van der Waals surface area contributed by atoms with Gasteiger partial charge >= 0.3 is 5.97 Å². The Labute approximate surface area is 185 Å². The zero-order chi connectivity index (χ0) is 21.1. The minimum atomic E-state index is -0.304. The van der Waals surface area contributed by atoms with E-state index in [0.29, 0.717) is 10.7 Å². The van der Waals surface area contributed by atoms with Gasteiger partial charge in [-0.1, -0.05) is 18.9 Å². The van der Waals surface area contributed by atoms with Gasteiger partial charge in [0.05, 0.1) is 18.7 Å². The first-order valence-corrected chi connectivity index (χ1v) is 11.5. The second-order valence-electron chi connectivity index (χ2n) is 7.55. The van der Waals surface area contributed by atoms with Gasteiger partial charge in [-0.3, -0.25) is 0 Å². The Kier molecular flexibility index (Phi) is 6.43. The molecule has 0 bridgehead atoms. The fourth-order valence-electron chi connectivity index (χ4n) is 3.93. The van der Waals surface area contributed by atoms with Crippen LogP contribution in [0.2, 0.25) is 0 Å². The molecule has 0 amide bonds. The number of fused-ring (bicyclic) bond motifs is 2. The number of nitrogens with one attached hydrogen (secondary N) is 2. The molecule has 30 heavy (non-hydrogen) atoms. The van der Waals surface area contributed by atoms with Crippen molar-refractivity contribution in [1.82, 2.24) is 5.32 Å². The summed E-state index contributed by atoms with van der Waals surface area (Å²) in [6.45, 7) is 2.28. The van der Waals surface area contributed by atoms with Crippen molar-refractivity contribution in [2.24, 2.45) is 0 Å². The number of carbonyl (C=O) groups excluding carboxylic acids is 1. The quantitative estimate of drug-likeness (QED) is 0.508. The van der Waals surface area contributed by atoms with Crippen LogP contribution in [0.15, 0.2) is 18.2 Å². The Balaban J connectivity index is 1.51. The molecule has 2 aromatic rings. The zero-order valence-electron chi connectivity index (χ0n) is 17.2. The highest BCUT2D eigenvalue weighted by molar-refractivity contribution is 7.80. The first-order chi connectivity index (χ1) is 14.6. The summed E-state index contributed by atoms with van der Waals surface area (Å²) in [5.41, 5.74) is 2.80. The molecule has 2 aliphatic rings. The summed E-state index contributed by atoms with van der Waals surface area (Å²) in [7, 11) is 1.43. The van der Waals surface area contributed by atoms with E-state index >= 15 is 0 Å². The zero-order valence-corrected chi connectivity index (χ0v) is 18.8. The van der Waals surface area contributed by atoms with Gasteiger partial charge in [-0.25, -0.2) is 4.79 Å². The van der Waals surface area contributed by atoms with Crippen molar-refractivity contribution >= 4 is 39.6 Å². The summed E-state index contributed by atoms with van der Waals surface area (Å²) in [5.74, 6) is 1.19. The summed E-state index contributed by atoms with van der Waals surface area (Å²) in [5, 5.41) is 7.80. The second kappa shape index (κ2) is 9.22. The van der Waals surface area contributed by atoms with Crippen molar-refractivity contribution in [3.05, 3.63) is 39.8 Å². The third-order valence-corrected chi connectivity index (χ3v) is 6.96. The molecule has 0 radical (unpaired) electrons. The number of aryl methyl sites for hydroxylation is 1. The van der Waals surface area contributed by atoms with Gasteiger partial charge in [0.1, 0.15) is 5.00 Å². The smallest absolute Gasteiger partial charge is 0.341 e. The van der Waals surface area contributed by atoms with Crippen LogP contribution in [0.1, 0.15) is 65.0 Å². The Hall–Kier alpha value is -2.32. The van der Waals surface area contributed by atoms with Gasteiger partial charge in [-0.2, -0.15) is 0 Å². The monoisotopic (exact) mass is 446 g/mol. The maximum atomic E-state index is 12.6. The first-order valence-electron chi connectivity index (χ1n) is 10.3. The summed E-state index contributed by atoms with van der Waals surface area (Å²) in [4.78, 5) is 13.8. The van der Waals surface area contributed by atoms with Gasteiger partial charge in [-0.15, -0.1) is 11.3 Å². The van der Waals surface area contributed by atoms with Gasteiger partial charge in [0.15, 0.2) is 16.6 Å². The number of thiocarbonyl (C=S) groups is 1. The molecule has 4 rings (SSSR count). The summed E-state index contributed by atoms with van der Waals surface area (Å²) in [6, 6.07) is 5.81. The Bertz CT molecular complexity index is 957. The van der Waals surface area contributed by atoms with Crippen molar-refractivity contribution in [3.8, 4) is 11.5 Å². The lowest BCUT2D eigenvalue weighted by atomic mass is 9.96. The van der Waals surface area contributed by atoms with E-state index in [2.05, 4.69) is 10.6 Å². The van der Waals surface area contributed by atoms with E-state index in [9.17, 15) is 4.79 Å². The molecule has 2 N–H and O–H groups in total. The molecule has 8 heteroatoms. The highest BCUT2D eigenvalue weighted by Gasteiger charge is 2.25. The van der Waals surface area contributed by atoms with E-state index in [1.165, 1.54) is 24.8 Å². The second-order valence-corrected chi connectivity index (χ2v) is 9.06. The molecule has 0 saturated carbocycles. The lowest BCUT2D eigenvalue weighted by molar-refractivity contribution is 0.0601. The third kappa shape index (κ3) is 4.39. The maximum absolute atomic E-state index is 12.6. The molecule has 1 unspecified atom stereocenters. The highest BCUT2D eigenvalue weighted by atomic mass is 32.1. The number of esters is 1. The largest absolute Gasteiger partial charge is 0.465 e. The Morgan fingerprint density at radius 2 is 1.93 bits per heavy atom. The molecule has 1 aromatic heterocycles. The van der Waals surface area contributed by atoms with E-state index in [-0.39, 0.29) is 18.8 Å². The third-order valence-electron chi connectivity index (χ3n) is 5.53. The lowest BCUT2D eigenvalue weighted by Gasteiger charge is -2.18. The molecule has 0 fully saturated rings. The average molecular weight is 447 g/mol. The summed E-state index contributed by atoms with van der Waals surface area (Å²) >= 11 is 7.18. The molecule has 1 aromatic carbocycles. The highest BCUT2D eigenvalue weighted by Crippen LogP contribution is 2.38. The van der Waals surface area contributed by atoms with Gasteiger partial charge in [0.25, 0.3) is 0 Å². The fraction of sp³-hybridized carbons (Fsp3) is 0.455. The number of hydrogen-bond donors (Lipinski definition) is 2. The topological polar surface area (TPSA) is 68.8 Å². The molecule has 1 aliphatic carbocycles. The standard InChI is InChI=1S/C22H26N2O4S2/c1-13(14-9-10-16-17(11-14)28-12-27-16)23-22(29)24-20-19(21(25)26-2)15-7-5-3-4-6-8-18(15)30-20/h9-11,13H,3-8,12H2,1-2H3,(H2,23,24,29). The van der Waals surface area contributed by atoms with Crippen LogP contribution in [0, 0.1) is 0 Å². The van der Waals surface area contributed by atoms with Crippen LogP contribution < -0.4 is 20.1 Å². The van der Waals surface area contributed by atoms with E-state index in [1.807, 2.05) is 25.1 Å². The number of ether oxygens (including phenoxy) is 3. The number of hydrogen-bond acceptors (Lipinski definition) is 6. The maximum Gasteiger partial charge on any atom is 0.341 e. The van der Waals surface area contributed by atoms with Crippen molar-refractivity contribution in [1.29, 1.82) is 0 Å². The van der Waals surface area contributed by atoms with Crippen LogP contribution >= 0.6 is 23.6 Å². The normalized spacial score (nSPS) is 16.1. The predicted octanol–water partition coefficient (Wildman–Crippen LogP) is 4.97. The number of methoxy groups -OCH3 is 1. The van der Waals surface area contributed by atoms with Crippen LogP contribution in [-0.2, 0) is 17.6 Å². The Morgan fingerprint density at radius 1 is 1.17 bits per heavy atom. The first kappa shape index (κ1) is 20.9. The molecular weight excluding hydrogens is 420 g/mol. The number of anilines is 1. The molecule has 6 nitrogen and oxygen atoms in total. The van der Waals surface area contributed by atoms with Gasteiger partial charge < -0.3 is 24.8 Å². The average Bonchev–Trinajstić information content (AvgIpc) is 3.31. The molecule has 2 heterocycles. The molecule has 1 atom stereocenters. The molecule has 160 valence electrons. The van der Waals surface area contributed by atoms with E-state index < -0.39 is 0 Å². The number of carbonyl (C=O) groups is 1. The van der Waals surface area contributed by atoms with Gasteiger partial charge in [-0.05, 0) is 68.1 Å². The van der Waals surface area contributed by atoms with Gasteiger partial charge in [0, 0.05) is 4.88 Å². The van der Waals surface area contributed by atoms with Gasteiger partial charge in [0.2, 0.25) is 6.79 Å². The van der Waals surface area contributed by atoms with Crippen molar-refractivity contribution in [2.45, 2.75) is 51.5 Å². The van der Waals surface area contributed by atoms with Crippen LogP contribution in [0.4, 0.5) is 5.00 Å². The molecule has 1 aliphatic heterocycles. The van der Waals surface area contributed by atoms with Crippen molar-refractivity contribution in [2.75, 3.05) is 19.2 Å². The fourth-order valence-corrected chi connectivity index (χ4v) is 5.55. The number of rotatable bonds is 4. The van der Waals surface area contributed by atoms with Crippen LogP contribution in [0.25, 0.3) is 0 Å².